The number of aromatic nitrogens is 2. The normalized spacial score (nSPS) is 10.6. The second-order valence-corrected chi connectivity index (χ2v) is 5.95. The Balaban J connectivity index is 1.88. The Labute approximate surface area is 146 Å². The predicted octanol–water partition coefficient (Wildman–Crippen LogP) is 3.42. The highest BCUT2D eigenvalue weighted by Crippen LogP contribution is 2.29. The average molecular weight is 359 g/mol. The molecule has 0 fully saturated rings. The summed E-state index contributed by atoms with van der Waals surface area (Å²) >= 11 is 0.889. The van der Waals surface area contributed by atoms with Crippen LogP contribution in [0.15, 0.2) is 41.6 Å². The highest BCUT2D eigenvalue weighted by molar-refractivity contribution is 8.14. The summed E-state index contributed by atoms with van der Waals surface area (Å²) in [5.41, 5.74) is 1.39. The van der Waals surface area contributed by atoms with Crippen molar-refractivity contribution in [2.45, 2.75) is 5.16 Å². The molecule has 0 atom stereocenters. The van der Waals surface area contributed by atoms with Crippen molar-refractivity contribution in [3.05, 3.63) is 52.1 Å². The topological polar surface area (TPSA) is 107 Å². The molecule has 1 heterocycles. The molecule has 2 aromatic carbocycles. The number of ether oxygens (including phenoxy) is 2. The predicted molar refractivity (Wildman–Crippen MR) is 92.5 cm³/mol. The molecule has 0 aliphatic rings. The maximum Gasteiger partial charge on any atom is 0.271 e. The number of methoxy groups -OCH3 is 2. The van der Waals surface area contributed by atoms with Crippen molar-refractivity contribution in [1.82, 2.24) is 9.97 Å². The third-order valence-corrected chi connectivity index (χ3v) is 4.24. The van der Waals surface area contributed by atoms with Gasteiger partial charge in [0.05, 0.1) is 30.2 Å². The van der Waals surface area contributed by atoms with Crippen molar-refractivity contribution in [1.29, 1.82) is 0 Å². The number of nitro groups is 1. The van der Waals surface area contributed by atoms with Crippen molar-refractivity contribution in [3.63, 3.8) is 0 Å². The Morgan fingerprint density at radius 1 is 1.16 bits per heavy atom. The fourth-order valence-corrected chi connectivity index (χ4v) is 2.92. The Kier molecular flexibility index (Phi) is 4.57. The number of H-pyrrole nitrogens is 1. The summed E-state index contributed by atoms with van der Waals surface area (Å²) in [4.78, 5) is 30.0. The van der Waals surface area contributed by atoms with Crippen LogP contribution in [0.25, 0.3) is 11.0 Å². The zero-order chi connectivity index (χ0) is 18.0. The van der Waals surface area contributed by atoms with Crippen LogP contribution in [0.3, 0.4) is 0 Å². The molecule has 0 spiro atoms. The van der Waals surface area contributed by atoms with Gasteiger partial charge in [0, 0.05) is 23.8 Å². The number of aromatic amines is 1. The minimum atomic E-state index is -0.485. The molecule has 0 unspecified atom stereocenters. The molecule has 9 heteroatoms. The van der Waals surface area contributed by atoms with Gasteiger partial charge in [-0.15, -0.1) is 0 Å². The lowest BCUT2D eigenvalue weighted by atomic mass is 10.2. The summed E-state index contributed by atoms with van der Waals surface area (Å²) in [6.45, 7) is 0. The van der Waals surface area contributed by atoms with Crippen LogP contribution >= 0.6 is 11.8 Å². The van der Waals surface area contributed by atoms with Gasteiger partial charge in [0.2, 0.25) is 5.12 Å². The lowest BCUT2D eigenvalue weighted by Crippen LogP contribution is -1.97. The van der Waals surface area contributed by atoms with E-state index in [0.29, 0.717) is 33.3 Å². The third-order valence-electron chi connectivity index (χ3n) is 3.43. The summed E-state index contributed by atoms with van der Waals surface area (Å²) < 4.78 is 10.3. The van der Waals surface area contributed by atoms with Gasteiger partial charge in [-0.05, 0) is 30.0 Å². The van der Waals surface area contributed by atoms with Gasteiger partial charge in [-0.1, -0.05) is 0 Å². The van der Waals surface area contributed by atoms with E-state index >= 15 is 0 Å². The lowest BCUT2D eigenvalue weighted by molar-refractivity contribution is -0.384. The fraction of sp³-hybridized carbons (Fsp3) is 0.125. The number of nitro benzene ring substituents is 1. The van der Waals surface area contributed by atoms with Crippen molar-refractivity contribution < 1.29 is 19.2 Å². The quantitative estimate of drug-likeness (QED) is 0.422. The van der Waals surface area contributed by atoms with Crippen LogP contribution in [-0.2, 0) is 0 Å². The van der Waals surface area contributed by atoms with Gasteiger partial charge in [-0.2, -0.15) is 0 Å². The van der Waals surface area contributed by atoms with E-state index in [2.05, 4.69) is 9.97 Å². The second kappa shape index (κ2) is 6.81. The molecule has 1 N–H and O–H groups in total. The van der Waals surface area contributed by atoms with E-state index in [-0.39, 0.29) is 10.8 Å². The number of nitrogens with one attached hydrogen (secondary N) is 1. The van der Waals surface area contributed by atoms with E-state index in [1.54, 1.807) is 18.2 Å². The Morgan fingerprint density at radius 3 is 2.44 bits per heavy atom. The number of fused-ring (bicyclic) bond motifs is 1. The summed E-state index contributed by atoms with van der Waals surface area (Å²) in [6.07, 6.45) is 0. The lowest BCUT2D eigenvalue weighted by Gasteiger charge is -2.06. The van der Waals surface area contributed by atoms with Gasteiger partial charge in [-0.3, -0.25) is 14.9 Å². The van der Waals surface area contributed by atoms with Crippen LogP contribution in [0.2, 0.25) is 0 Å². The van der Waals surface area contributed by atoms with Crippen LogP contribution in [0.4, 0.5) is 5.69 Å². The molecule has 0 aliphatic heterocycles. The summed E-state index contributed by atoms with van der Waals surface area (Å²) in [5.74, 6) is 1.01. The van der Waals surface area contributed by atoms with E-state index in [0.717, 1.165) is 11.8 Å². The molecule has 0 bridgehead atoms. The Bertz CT molecular complexity index is 947. The van der Waals surface area contributed by atoms with Crippen LogP contribution < -0.4 is 9.47 Å². The Morgan fingerprint density at radius 2 is 1.84 bits per heavy atom. The largest absolute Gasteiger partial charge is 0.497 e. The number of rotatable bonds is 5. The first kappa shape index (κ1) is 16.8. The summed E-state index contributed by atoms with van der Waals surface area (Å²) in [7, 11) is 3.00. The van der Waals surface area contributed by atoms with Crippen molar-refractivity contribution in [3.8, 4) is 11.5 Å². The Hall–Kier alpha value is -3.07. The average Bonchev–Trinajstić information content (AvgIpc) is 3.02. The molecule has 3 aromatic rings. The number of thioether (sulfide) groups is 1. The molecule has 25 heavy (non-hydrogen) atoms. The molecular formula is C16H13N3O5S. The van der Waals surface area contributed by atoms with Crippen molar-refractivity contribution in [2.75, 3.05) is 14.2 Å². The monoisotopic (exact) mass is 359 g/mol. The molecule has 0 aliphatic carbocycles. The first-order valence-electron chi connectivity index (χ1n) is 7.09. The van der Waals surface area contributed by atoms with Gasteiger partial charge < -0.3 is 14.5 Å². The second-order valence-electron chi connectivity index (χ2n) is 4.99. The van der Waals surface area contributed by atoms with Crippen LogP contribution in [-0.4, -0.2) is 34.2 Å². The molecule has 0 amide bonds. The van der Waals surface area contributed by atoms with Gasteiger partial charge in [0.1, 0.15) is 11.5 Å². The van der Waals surface area contributed by atoms with E-state index in [9.17, 15) is 14.9 Å². The van der Waals surface area contributed by atoms with Crippen LogP contribution in [0, 0.1) is 10.1 Å². The summed E-state index contributed by atoms with van der Waals surface area (Å²) in [6, 6.07) is 9.16. The molecule has 128 valence electrons. The van der Waals surface area contributed by atoms with Crippen LogP contribution in [0.1, 0.15) is 10.4 Å². The molecule has 0 saturated carbocycles. The van der Waals surface area contributed by atoms with E-state index < -0.39 is 4.92 Å². The number of benzene rings is 2. The van der Waals surface area contributed by atoms with Crippen LogP contribution in [0.5, 0.6) is 11.5 Å². The van der Waals surface area contributed by atoms with Crippen molar-refractivity contribution >= 4 is 33.6 Å². The first-order valence-corrected chi connectivity index (χ1v) is 7.91. The number of nitrogens with zero attached hydrogens (tertiary/aromatic N) is 2. The van der Waals surface area contributed by atoms with E-state index in [1.165, 1.54) is 32.4 Å². The summed E-state index contributed by atoms with van der Waals surface area (Å²) in [5, 5.41) is 10.9. The third kappa shape index (κ3) is 3.56. The molecule has 8 nitrogen and oxygen atoms in total. The van der Waals surface area contributed by atoms with E-state index in [4.69, 9.17) is 9.47 Å². The number of imidazole rings is 1. The number of hydrogen-bond acceptors (Lipinski definition) is 7. The van der Waals surface area contributed by atoms with Gasteiger partial charge in [0.15, 0.2) is 5.16 Å². The van der Waals surface area contributed by atoms with E-state index in [1.807, 2.05) is 0 Å². The number of hydrogen-bond donors (Lipinski definition) is 1. The standard InChI is InChI=1S/C16H13N3O5S/c1-23-11-5-9(6-12(8-11)24-2)15(20)25-16-17-13-4-3-10(19(21)22)7-14(13)18-16/h3-8H,1-2H3,(H,17,18). The maximum absolute atomic E-state index is 12.5. The SMILES string of the molecule is COc1cc(OC)cc(C(=O)Sc2nc3ccc([N+](=O)[O-])cc3[nH]2)c1. The van der Waals surface area contributed by atoms with Gasteiger partial charge in [-0.25, -0.2) is 4.98 Å². The number of non-ortho nitro benzene ring substituents is 1. The van der Waals surface area contributed by atoms with Gasteiger partial charge >= 0.3 is 0 Å². The highest BCUT2D eigenvalue weighted by atomic mass is 32.2. The molecule has 1 aromatic heterocycles. The highest BCUT2D eigenvalue weighted by Gasteiger charge is 2.15. The molecular weight excluding hydrogens is 346 g/mol. The zero-order valence-corrected chi connectivity index (χ0v) is 14.1. The molecule has 0 radical (unpaired) electrons. The first-order chi connectivity index (χ1) is 12.0. The zero-order valence-electron chi connectivity index (χ0n) is 13.3. The molecule has 0 saturated heterocycles. The van der Waals surface area contributed by atoms with Crippen molar-refractivity contribution in [2.24, 2.45) is 0 Å². The minimum Gasteiger partial charge on any atom is -0.497 e. The fourth-order valence-electron chi connectivity index (χ4n) is 2.21. The number of carbonyl (C=O) groups is 1. The molecule has 3 rings (SSSR count). The van der Waals surface area contributed by atoms with Gasteiger partial charge in [0.25, 0.3) is 5.69 Å². The number of carbonyl (C=O) groups excluding carboxylic acids is 1. The minimum absolute atomic E-state index is 0.0449. The maximum atomic E-state index is 12.5. The smallest absolute Gasteiger partial charge is 0.271 e.